The van der Waals surface area contributed by atoms with Crippen LogP contribution >= 0.6 is 11.3 Å². The molecule has 0 radical (unpaired) electrons. The molecule has 1 N–H and O–H groups in total. The number of thiophene rings is 1. The number of fused-ring (bicyclic) bond motifs is 1. The minimum absolute atomic E-state index is 0.0435. The Kier molecular flexibility index (Phi) is 7.77. The number of ether oxygens (including phenoxy) is 1. The van der Waals surface area contributed by atoms with Crippen molar-refractivity contribution in [1.82, 2.24) is 19.2 Å². The highest BCUT2D eigenvalue weighted by Gasteiger charge is 2.29. The zero-order valence-electron chi connectivity index (χ0n) is 18.5. The molecule has 3 rings (SSSR count). The first-order valence-corrected chi connectivity index (χ1v) is 12.3. The van der Waals surface area contributed by atoms with Gasteiger partial charge in [-0.25, -0.2) is 23.2 Å². The van der Waals surface area contributed by atoms with Gasteiger partial charge in [0.2, 0.25) is 10.0 Å². The number of methoxy groups -OCH3 is 1. The molecule has 2 aromatic heterocycles. The van der Waals surface area contributed by atoms with E-state index < -0.39 is 16.0 Å². The highest BCUT2D eigenvalue weighted by Crippen LogP contribution is 2.27. The third kappa shape index (κ3) is 5.41. The quantitative estimate of drug-likeness (QED) is 0.351. The molecular formula is C21H27N5O4S2. The largest absolute Gasteiger partial charge is 0.465 e. The van der Waals surface area contributed by atoms with Gasteiger partial charge in [0, 0.05) is 19.0 Å². The van der Waals surface area contributed by atoms with Gasteiger partial charge < -0.3 is 15.0 Å². The summed E-state index contributed by atoms with van der Waals surface area (Å²) in [5.41, 5.74) is 0.726. The first-order chi connectivity index (χ1) is 15.2. The molecule has 0 aliphatic rings. The summed E-state index contributed by atoms with van der Waals surface area (Å²) in [7, 11) is 2.77. The van der Waals surface area contributed by atoms with Crippen molar-refractivity contribution in [2.45, 2.75) is 17.9 Å². The van der Waals surface area contributed by atoms with E-state index in [0.29, 0.717) is 11.6 Å². The minimum Gasteiger partial charge on any atom is -0.465 e. The predicted octanol–water partition coefficient (Wildman–Crippen LogP) is 2.66. The standard InChI is InChI=1S/C21H27N5O4S2/c1-25(2)12-7-11-22-20-15-8-5-6-9-16(15)23-18(24-20)14-26(3)32(28,29)17-10-13-31-19(17)21(27)30-4/h5-6,8-10,13H,7,11-12,14H2,1-4H3,(H,22,23,24). The van der Waals surface area contributed by atoms with Crippen LogP contribution in [-0.4, -0.2) is 74.9 Å². The Morgan fingerprint density at radius 1 is 1.16 bits per heavy atom. The SMILES string of the molecule is COC(=O)c1sccc1S(=O)(=O)N(C)Cc1nc(NCCCN(C)C)c2ccccc2n1. The zero-order valence-corrected chi connectivity index (χ0v) is 20.2. The van der Waals surface area contributed by atoms with Crippen molar-refractivity contribution in [2.75, 3.05) is 46.7 Å². The van der Waals surface area contributed by atoms with Gasteiger partial charge in [-0.15, -0.1) is 11.3 Å². The van der Waals surface area contributed by atoms with Crippen LogP contribution in [0.25, 0.3) is 10.9 Å². The van der Waals surface area contributed by atoms with Crippen LogP contribution in [0.4, 0.5) is 5.82 Å². The van der Waals surface area contributed by atoms with E-state index >= 15 is 0 Å². The van der Waals surface area contributed by atoms with Crippen molar-refractivity contribution in [3.8, 4) is 0 Å². The number of benzene rings is 1. The summed E-state index contributed by atoms with van der Waals surface area (Å²) in [6.45, 7) is 1.62. The Hall–Kier alpha value is -2.60. The Morgan fingerprint density at radius 2 is 1.91 bits per heavy atom. The van der Waals surface area contributed by atoms with Gasteiger partial charge in [-0.2, -0.15) is 4.31 Å². The number of sulfonamides is 1. The second kappa shape index (κ2) is 10.3. The maximum absolute atomic E-state index is 13.1. The van der Waals surface area contributed by atoms with E-state index in [2.05, 4.69) is 20.2 Å². The summed E-state index contributed by atoms with van der Waals surface area (Å²) < 4.78 is 32.1. The molecule has 0 spiro atoms. The molecule has 0 saturated heterocycles. The fraction of sp³-hybridized carbons (Fsp3) is 0.381. The molecule has 1 aromatic carbocycles. The van der Waals surface area contributed by atoms with Gasteiger partial charge in [0.25, 0.3) is 0 Å². The first-order valence-electron chi connectivity index (χ1n) is 10.0. The molecule has 0 unspecified atom stereocenters. The maximum atomic E-state index is 13.1. The maximum Gasteiger partial charge on any atom is 0.349 e. The van der Waals surface area contributed by atoms with E-state index in [1.165, 1.54) is 20.2 Å². The van der Waals surface area contributed by atoms with Crippen LogP contribution in [0.2, 0.25) is 0 Å². The zero-order chi connectivity index (χ0) is 23.3. The van der Waals surface area contributed by atoms with Gasteiger partial charge in [-0.3, -0.25) is 0 Å². The summed E-state index contributed by atoms with van der Waals surface area (Å²) >= 11 is 1.03. The molecule has 0 aliphatic heterocycles. The molecule has 0 atom stereocenters. The van der Waals surface area contributed by atoms with Crippen molar-refractivity contribution >= 4 is 44.1 Å². The lowest BCUT2D eigenvalue weighted by Crippen LogP contribution is -2.28. The van der Waals surface area contributed by atoms with Crippen molar-refractivity contribution < 1.29 is 17.9 Å². The number of anilines is 1. The van der Waals surface area contributed by atoms with Crippen molar-refractivity contribution in [2.24, 2.45) is 0 Å². The van der Waals surface area contributed by atoms with Crippen LogP contribution in [0.15, 0.2) is 40.6 Å². The summed E-state index contributed by atoms with van der Waals surface area (Å²) in [6.07, 6.45) is 0.934. The van der Waals surface area contributed by atoms with E-state index in [1.807, 2.05) is 38.4 Å². The molecule has 172 valence electrons. The van der Waals surface area contributed by atoms with Crippen LogP contribution in [-0.2, 0) is 21.3 Å². The molecular weight excluding hydrogens is 450 g/mol. The molecule has 11 heteroatoms. The van der Waals surface area contributed by atoms with Crippen LogP contribution < -0.4 is 5.32 Å². The number of hydrogen-bond donors (Lipinski definition) is 1. The average Bonchev–Trinajstić information content (AvgIpc) is 3.26. The summed E-state index contributed by atoms with van der Waals surface area (Å²) in [5.74, 6) is 0.346. The van der Waals surface area contributed by atoms with Crippen molar-refractivity contribution in [1.29, 1.82) is 0 Å². The van der Waals surface area contributed by atoms with Crippen LogP contribution in [0.1, 0.15) is 21.9 Å². The number of hydrogen-bond acceptors (Lipinski definition) is 9. The molecule has 32 heavy (non-hydrogen) atoms. The van der Waals surface area contributed by atoms with Gasteiger partial charge >= 0.3 is 5.97 Å². The first kappa shape index (κ1) is 24.1. The van der Waals surface area contributed by atoms with Crippen LogP contribution in [0, 0.1) is 0 Å². The number of aromatic nitrogens is 2. The number of nitrogens with zero attached hydrogens (tertiary/aromatic N) is 4. The van der Waals surface area contributed by atoms with Crippen molar-refractivity contribution in [3.63, 3.8) is 0 Å². The lowest BCUT2D eigenvalue weighted by molar-refractivity contribution is 0.0602. The minimum atomic E-state index is -3.94. The Morgan fingerprint density at radius 3 is 2.62 bits per heavy atom. The number of para-hydroxylation sites is 1. The topological polar surface area (TPSA) is 105 Å². The lowest BCUT2D eigenvalue weighted by Gasteiger charge is -2.18. The number of carbonyl (C=O) groups excluding carboxylic acids is 1. The molecule has 0 aliphatic carbocycles. The number of carbonyl (C=O) groups is 1. The fourth-order valence-electron chi connectivity index (χ4n) is 3.13. The number of rotatable bonds is 10. The normalized spacial score (nSPS) is 11.9. The Bertz CT molecular complexity index is 1190. The van der Waals surface area contributed by atoms with Gasteiger partial charge in [-0.1, -0.05) is 12.1 Å². The van der Waals surface area contributed by atoms with E-state index in [4.69, 9.17) is 4.74 Å². The summed E-state index contributed by atoms with van der Waals surface area (Å²) in [5, 5.41) is 5.77. The average molecular weight is 478 g/mol. The van der Waals surface area contributed by atoms with E-state index in [9.17, 15) is 13.2 Å². The van der Waals surface area contributed by atoms with E-state index in [-0.39, 0.29) is 16.3 Å². The highest BCUT2D eigenvalue weighted by atomic mass is 32.2. The molecule has 2 heterocycles. The molecule has 0 bridgehead atoms. The third-order valence-corrected chi connectivity index (χ3v) is 7.65. The number of nitrogens with one attached hydrogen (secondary N) is 1. The Labute approximate surface area is 192 Å². The summed E-state index contributed by atoms with van der Waals surface area (Å²) in [6, 6.07) is 9.00. The Balaban J connectivity index is 1.86. The van der Waals surface area contributed by atoms with E-state index in [0.717, 1.165) is 46.1 Å². The van der Waals surface area contributed by atoms with Gasteiger partial charge in [0.15, 0.2) is 0 Å². The third-order valence-electron chi connectivity index (χ3n) is 4.78. The van der Waals surface area contributed by atoms with Gasteiger partial charge in [-0.05, 0) is 50.6 Å². The lowest BCUT2D eigenvalue weighted by atomic mass is 10.2. The van der Waals surface area contributed by atoms with E-state index in [1.54, 1.807) is 5.38 Å². The van der Waals surface area contributed by atoms with Gasteiger partial charge in [0.1, 0.15) is 21.4 Å². The highest BCUT2D eigenvalue weighted by molar-refractivity contribution is 7.89. The number of esters is 1. The predicted molar refractivity (Wildman–Crippen MR) is 126 cm³/mol. The second-order valence-corrected chi connectivity index (χ2v) is 10.4. The smallest absolute Gasteiger partial charge is 0.349 e. The van der Waals surface area contributed by atoms with Crippen LogP contribution in [0.5, 0.6) is 0 Å². The molecule has 0 fully saturated rings. The fourth-order valence-corrected chi connectivity index (χ4v) is 5.56. The van der Waals surface area contributed by atoms with Crippen LogP contribution in [0.3, 0.4) is 0 Å². The molecule has 0 saturated carbocycles. The molecule has 9 nitrogen and oxygen atoms in total. The second-order valence-electron chi connectivity index (χ2n) is 7.46. The van der Waals surface area contributed by atoms with Crippen molar-refractivity contribution in [3.05, 3.63) is 46.4 Å². The summed E-state index contributed by atoms with van der Waals surface area (Å²) in [4.78, 5) is 23.2. The monoisotopic (exact) mass is 477 g/mol. The molecule has 0 amide bonds. The molecule has 3 aromatic rings. The van der Waals surface area contributed by atoms with Gasteiger partial charge in [0.05, 0.1) is 19.2 Å².